The highest BCUT2D eigenvalue weighted by Gasteiger charge is 2.26. The monoisotopic (exact) mass is 370 g/mol. The third-order valence-electron chi connectivity index (χ3n) is 4.27. The molecule has 0 saturated carbocycles. The van der Waals surface area contributed by atoms with Crippen LogP contribution >= 0.6 is 11.3 Å². The van der Waals surface area contributed by atoms with Crippen LogP contribution in [0.5, 0.6) is 5.75 Å². The summed E-state index contributed by atoms with van der Waals surface area (Å²) < 4.78 is 6.10. The molecule has 0 fully saturated rings. The van der Waals surface area contributed by atoms with E-state index in [2.05, 4.69) is 29.3 Å². The molecule has 1 N–H and O–H groups in total. The largest absolute Gasteiger partial charge is 0.485 e. The van der Waals surface area contributed by atoms with Gasteiger partial charge in [-0.15, -0.1) is 11.3 Å². The van der Waals surface area contributed by atoms with Crippen molar-refractivity contribution in [3.63, 3.8) is 0 Å². The number of fused-ring (bicyclic) bond motifs is 1. The molecule has 1 aromatic heterocycles. The molecule has 1 atom stereocenters. The number of benzene rings is 1. The maximum Gasteiger partial charge on any atom is 0.239 e. The highest BCUT2D eigenvalue weighted by Crippen LogP contribution is 2.32. The summed E-state index contributed by atoms with van der Waals surface area (Å²) in [5.74, 6) is 0.760. The number of amides is 1. The zero-order valence-electron chi connectivity index (χ0n) is 14.9. The van der Waals surface area contributed by atoms with Crippen molar-refractivity contribution < 1.29 is 9.53 Å². The summed E-state index contributed by atoms with van der Waals surface area (Å²) in [6.45, 7) is 4.73. The Morgan fingerprint density at radius 1 is 1.46 bits per heavy atom. The van der Waals surface area contributed by atoms with E-state index in [1.165, 1.54) is 11.3 Å². The van der Waals surface area contributed by atoms with Gasteiger partial charge in [0, 0.05) is 13.1 Å². The number of nitrogens with zero attached hydrogens (tertiary/aromatic N) is 3. The van der Waals surface area contributed by atoms with Crippen molar-refractivity contribution in [1.29, 1.82) is 5.26 Å². The van der Waals surface area contributed by atoms with Crippen molar-refractivity contribution in [3.05, 3.63) is 41.3 Å². The van der Waals surface area contributed by atoms with Gasteiger partial charge in [-0.1, -0.05) is 12.1 Å². The number of nitrogens with one attached hydrogen (secondary N) is 1. The number of para-hydroxylation sites is 2. The van der Waals surface area contributed by atoms with Crippen LogP contribution in [0.25, 0.3) is 0 Å². The SMILES string of the molecule is CCN1CC(CN(C)CC(=O)Nc2sccc2C#N)Oc2ccccc21. The molecular weight excluding hydrogens is 348 g/mol. The van der Waals surface area contributed by atoms with E-state index >= 15 is 0 Å². The summed E-state index contributed by atoms with van der Waals surface area (Å²) in [4.78, 5) is 16.5. The zero-order valence-corrected chi connectivity index (χ0v) is 15.8. The number of rotatable bonds is 6. The van der Waals surface area contributed by atoms with Gasteiger partial charge in [0.1, 0.15) is 22.9 Å². The maximum atomic E-state index is 12.2. The van der Waals surface area contributed by atoms with Crippen LogP contribution in [0.3, 0.4) is 0 Å². The molecule has 1 unspecified atom stereocenters. The number of anilines is 2. The lowest BCUT2D eigenvalue weighted by Crippen LogP contribution is -2.46. The average molecular weight is 370 g/mol. The Bertz CT molecular complexity index is 814. The number of carbonyl (C=O) groups is 1. The summed E-state index contributed by atoms with van der Waals surface area (Å²) in [7, 11) is 1.90. The van der Waals surface area contributed by atoms with Gasteiger partial charge < -0.3 is 15.0 Å². The van der Waals surface area contributed by atoms with Crippen LogP contribution in [0, 0.1) is 11.3 Å². The topological polar surface area (TPSA) is 68.6 Å². The fourth-order valence-corrected chi connectivity index (χ4v) is 3.84. The van der Waals surface area contributed by atoms with E-state index in [9.17, 15) is 4.79 Å². The second kappa shape index (κ2) is 8.21. The number of thiophene rings is 1. The van der Waals surface area contributed by atoms with E-state index in [0.29, 0.717) is 17.1 Å². The lowest BCUT2D eigenvalue weighted by atomic mass is 10.2. The first-order chi connectivity index (χ1) is 12.6. The fourth-order valence-electron chi connectivity index (χ4n) is 3.09. The summed E-state index contributed by atoms with van der Waals surface area (Å²) in [5.41, 5.74) is 1.62. The van der Waals surface area contributed by atoms with E-state index in [0.717, 1.165) is 24.5 Å². The minimum Gasteiger partial charge on any atom is -0.485 e. The molecule has 0 bridgehead atoms. The van der Waals surface area contributed by atoms with Gasteiger partial charge >= 0.3 is 0 Å². The van der Waals surface area contributed by atoms with Crippen molar-refractivity contribution in [2.24, 2.45) is 0 Å². The van der Waals surface area contributed by atoms with Crippen LogP contribution in [-0.4, -0.2) is 50.1 Å². The molecule has 26 heavy (non-hydrogen) atoms. The third kappa shape index (κ3) is 4.15. The highest BCUT2D eigenvalue weighted by atomic mass is 32.1. The Balaban J connectivity index is 1.56. The van der Waals surface area contributed by atoms with E-state index in [4.69, 9.17) is 10.00 Å². The highest BCUT2D eigenvalue weighted by molar-refractivity contribution is 7.14. The number of nitriles is 1. The third-order valence-corrected chi connectivity index (χ3v) is 5.10. The smallest absolute Gasteiger partial charge is 0.239 e. The Labute approximate surface area is 157 Å². The van der Waals surface area contributed by atoms with Gasteiger partial charge in [-0.3, -0.25) is 9.69 Å². The molecule has 1 amide bonds. The fraction of sp³-hybridized carbons (Fsp3) is 0.368. The molecule has 0 spiro atoms. The first kappa shape index (κ1) is 18.2. The Morgan fingerprint density at radius 3 is 3.04 bits per heavy atom. The average Bonchev–Trinajstić information content (AvgIpc) is 3.07. The van der Waals surface area contributed by atoms with Crippen LogP contribution in [0.15, 0.2) is 35.7 Å². The first-order valence-electron chi connectivity index (χ1n) is 8.57. The first-order valence-corrected chi connectivity index (χ1v) is 9.45. The van der Waals surface area contributed by atoms with Gasteiger partial charge in [-0.05, 0) is 37.6 Å². The van der Waals surface area contributed by atoms with Gasteiger partial charge in [0.15, 0.2) is 0 Å². The molecule has 0 saturated heterocycles. The summed E-state index contributed by atoms with van der Waals surface area (Å²) in [5, 5.41) is 14.2. The van der Waals surface area contributed by atoms with Crippen LogP contribution in [-0.2, 0) is 4.79 Å². The predicted molar refractivity (Wildman–Crippen MR) is 104 cm³/mol. The molecule has 2 aromatic rings. The minimum absolute atomic E-state index is 0.000873. The van der Waals surface area contributed by atoms with Crippen molar-refractivity contribution in [3.8, 4) is 11.8 Å². The van der Waals surface area contributed by atoms with E-state index in [1.54, 1.807) is 11.4 Å². The minimum atomic E-state index is -0.130. The van der Waals surface area contributed by atoms with Crippen molar-refractivity contribution in [2.45, 2.75) is 13.0 Å². The molecule has 6 nitrogen and oxygen atoms in total. The molecule has 2 heterocycles. The van der Waals surface area contributed by atoms with Gasteiger partial charge in [0.2, 0.25) is 5.91 Å². The Kier molecular flexibility index (Phi) is 5.76. The van der Waals surface area contributed by atoms with E-state index < -0.39 is 0 Å². The summed E-state index contributed by atoms with van der Waals surface area (Å²) in [6, 6.07) is 11.8. The maximum absolute atomic E-state index is 12.2. The molecule has 7 heteroatoms. The zero-order chi connectivity index (χ0) is 18.5. The predicted octanol–water partition coefficient (Wildman–Crippen LogP) is 2.78. The molecule has 3 rings (SSSR count). The second-order valence-corrected chi connectivity index (χ2v) is 7.18. The number of hydrogen-bond acceptors (Lipinski definition) is 6. The second-order valence-electron chi connectivity index (χ2n) is 6.27. The molecule has 1 aliphatic rings. The van der Waals surface area contributed by atoms with Gasteiger partial charge in [0.05, 0.1) is 24.3 Å². The molecular formula is C19H22N4O2S. The summed E-state index contributed by atoms with van der Waals surface area (Å²) in [6.07, 6.45) is -0.000873. The van der Waals surface area contributed by atoms with Crippen molar-refractivity contribution in [1.82, 2.24) is 4.90 Å². The molecule has 0 aliphatic carbocycles. The molecule has 0 radical (unpaired) electrons. The lowest BCUT2D eigenvalue weighted by molar-refractivity contribution is -0.117. The van der Waals surface area contributed by atoms with Crippen LogP contribution < -0.4 is 15.0 Å². The van der Waals surface area contributed by atoms with Crippen LogP contribution in [0.1, 0.15) is 12.5 Å². The number of ether oxygens (including phenoxy) is 1. The van der Waals surface area contributed by atoms with Gasteiger partial charge in [-0.25, -0.2) is 0 Å². The van der Waals surface area contributed by atoms with Crippen molar-refractivity contribution >= 4 is 27.9 Å². The van der Waals surface area contributed by atoms with Crippen LogP contribution in [0.2, 0.25) is 0 Å². The van der Waals surface area contributed by atoms with E-state index in [1.807, 2.05) is 30.1 Å². The number of likely N-dealkylation sites (N-methyl/N-ethyl adjacent to an activating group) is 2. The quantitative estimate of drug-likeness (QED) is 0.847. The standard InChI is InChI=1S/C19H22N4O2S/c1-3-23-12-15(25-17-7-5-4-6-16(17)23)11-22(2)13-18(24)21-19-14(10-20)8-9-26-19/h4-9,15H,3,11-13H2,1-2H3,(H,21,24). The van der Waals surface area contributed by atoms with Gasteiger partial charge in [0.25, 0.3) is 0 Å². The van der Waals surface area contributed by atoms with Gasteiger partial charge in [-0.2, -0.15) is 5.26 Å². The van der Waals surface area contributed by atoms with E-state index in [-0.39, 0.29) is 18.6 Å². The molecule has 1 aliphatic heterocycles. The van der Waals surface area contributed by atoms with Crippen LogP contribution in [0.4, 0.5) is 10.7 Å². The number of carbonyl (C=O) groups excluding carboxylic acids is 1. The normalized spacial score (nSPS) is 15.9. The molecule has 1 aromatic carbocycles. The number of hydrogen-bond donors (Lipinski definition) is 1. The molecule has 136 valence electrons. The Morgan fingerprint density at radius 2 is 2.27 bits per heavy atom. The summed E-state index contributed by atoms with van der Waals surface area (Å²) >= 11 is 1.36. The van der Waals surface area contributed by atoms with Crippen molar-refractivity contribution in [2.75, 3.05) is 43.4 Å². The Hall–Kier alpha value is -2.56. The lowest BCUT2D eigenvalue weighted by Gasteiger charge is -2.37.